The summed E-state index contributed by atoms with van der Waals surface area (Å²) in [4.78, 5) is 33.1. The number of hydrogen-bond donors (Lipinski definition) is 3. The number of rotatable bonds is 6. The van der Waals surface area contributed by atoms with E-state index in [1.54, 1.807) is 13.8 Å². The number of nitrogens with one attached hydrogen (secondary N) is 2. The molecule has 8 nitrogen and oxygen atoms in total. The lowest BCUT2D eigenvalue weighted by Crippen LogP contribution is -2.41. The van der Waals surface area contributed by atoms with Crippen molar-refractivity contribution in [1.29, 1.82) is 0 Å². The first-order chi connectivity index (χ1) is 9.73. The molecule has 114 valence electrons. The number of nitrogens with zero attached hydrogens (tertiary/aromatic N) is 1. The van der Waals surface area contributed by atoms with E-state index in [0.29, 0.717) is 0 Å². The zero-order valence-electron chi connectivity index (χ0n) is 11.9. The molecule has 0 aliphatic carbocycles. The summed E-state index contributed by atoms with van der Waals surface area (Å²) in [6.07, 6.45) is 0. The molecule has 1 aromatic rings. The molecule has 0 radical (unpaired) electrons. The van der Waals surface area contributed by atoms with E-state index in [-0.39, 0.29) is 17.6 Å². The maximum Gasteiger partial charge on any atom is 0.342 e. The molecule has 0 spiro atoms. The molecule has 21 heavy (non-hydrogen) atoms. The summed E-state index contributed by atoms with van der Waals surface area (Å²) in [5.41, 5.74) is -0.998. The number of carbonyl (C=O) groups excluding carboxylic acids is 1. The number of benzene rings is 1. The molecule has 0 aliphatic rings. The largest absolute Gasteiger partial charge is 0.477 e. The third-order valence-electron chi connectivity index (χ3n) is 2.65. The lowest BCUT2D eigenvalue weighted by Gasteiger charge is -2.17. The van der Waals surface area contributed by atoms with E-state index in [9.17, 15) is 19.7 Å². The second-order valence-electron chi connectivity index (χ2n) is 4.79. The smallest absolute Gasteiger partial charge is 0.342 e. The van der Waals surface area contributed by atoms with Crippen molar-refractivity contribution in [3.63, 3.8) is 0 Å². The van der Waals surface area contributed by atoms with E-state index in [0.717, 1.165) is 6.07 Å². The lowest BCUT2D eigenvalue weighted by atomic mass is 10.1. The molecule has 0 aliphatic heterocycles. The van der Waals surface area contributed by atoms with Gasteiger partial charge in [0, 0.05) is 6.04 Å². The van der Waals surface area contributed by atoms with Crippen molar-refractivity contribution in [3.8, 4) is 0 Å². The summed E-state index contributed by atoms with van der Waals surface area (Å²) >= 11 is 0. The summed E-state index contributed by atoms with van der Waals surface area (Å²) in [5.74, 6) is -1.73. The van der Waals surface area contributed by atoms with Crippen molar-refractivity contribution in [2.24, 2.45) is 0 Å². The first-order valence-corrected chi connectivity index (χ1v) is 6.31. The van der Waals surface area contributed by atoms with Crippen molar-refractivity contribution in [2.75, 3.05) is 5.32 Å². The Labute approximate surface area is 121 Å². The van der Waals surface area contributed by atoms with Crippen LogP contribution in [-0.4, -0.2) is 34.0 Å². The second-order valence-corrected chi connectivity index (χ2v) is 4.79. The molecule has 0 saturated carbocycles. The number of carboxylic acids is 1. The van der Waals surface area contributed by atoms with E-state index in [1.165, 1.54) is 19.1 Å². The lowest BCUT2D eigenvalue weighted by molar-refractivity contribution is -0.384. The Morgan fingerprint density at radius 2 is 1.90 bits per heavy atom. The van der Waals surface area contributed by atoms with Crippen LogP contribution in [0.5, 0.6) is 0 Å². The van der Waals surface area contributed by atoms with Gasteiger partial charge < -0.3 is 15.7 Å². The van der Waals surface area contributed by atoms with Gasteiger partial charge in [-0.05, 0) is 32.9 Å². The highest BCUT2D eigenvalue weighted by molar-refractivity contribution is 5.96. The maximum atomic E-state index is 11.8. The average Bonchev–Trinajstić information content (AvgIpc) is 2.37. The predicted molar refractivity (Wildman–Crippen MR) is 76.4 cm³/mol. The minimum Gasteiger partial charge on any atom is -0.477 e. The standard InChI is InChI=1S/C13H17N3O5/c1-7(2)14-12(17)8(3)15-10-6-4-5-9(13(18)19)11(10)16(20)21/h4-8,15H,1-3H3,(H,14,17)(H,18,19). The number of anilines is 1. The number of amides is 1. The van der Waals surface area contributed by atoms with Crippen LogP contribution in [0.4, 0.5) is 11.4 Å². The monoisotopic (exact) mass is 295 g/mol. The van der Waals surface area contributed by atoms with Gasteiger partial charge in [-0.2, -0.15) is 0 Å². The van der Waals surface area contributed by atoms with Crippen molar-refractivity contribution in [3.05, 3.63) is 33.9 Å². The molecule has 0 heterocycles. The van der Waals surface area contributed by atoms with Crippen LogP contribution in [0.25, 0.3) is 0 Å². The van der Waals surface area contributed by atoms with E-state index >= 15 is 0 Å². The van der Waals surface area contributed by atoms with Crippen LogP contribution < -0.4 is 10.6 Å². The average molecular weight is 295 g/mol. The van der Waals surface area contributed by atoms with Crippen LogP contribution in [0, 0.1) is 10.1 Å². The van der Waals surface area contributed by atoms with Gasteiger partial charge in [-0.25, -0.2) is 4.79 Å². The number of carboxylic acid groups (broad SMARTS) is 1. The second kappa shape index (κ2) is 6.69. The number of hydrogen-bond acceptors (Lipinski definition) is 5. The minimum absolute atomic E-state index is 0.00805. The van der Waals surface area contributed by atoms with Gasteiger partial charge in [-0.15, -0.1) is 0 Å². The van der Waals surface area contributed by atoms with Gasteiger partial charge in [0.15, 0.2) is 0 Å². The molecular formula is C13H17N3O5. The Morgan fingerprint density at radius 1 is 1.29 bits per heavy atom. The summed E-state index contributed by atoms with van der Waals surface area (Å²) in [5, 5.41) is 25.4. The fourth-order valence-electron chi connectivity index (χ4n) is 1.74. The maximum absolute atomic E-state index is 11.8. The molecule has 0 fully saturated rings. The third kappa shape index (κ3) is 4.16. The number of carbonyl (C=O) groups is 2. The molecule has 0 saturated heterocycles. The van der Waals surface area contributed by atoms with Crippen LogP contribution in [-0.2, 0) is 4.79 Å². The highest BCUT2D eigenvalue weighted by atomic mass is 16.6. The van der Waals surface area contributed by atoms with E-state index in [1.807, 2.05) is 0 Å². The highest BCUT2D eigenvalue weighted by Crippen LogP contribution is 2.29. The van der Waals surface area contributed by atoms with Gasteiger partial charge in [-0.1, -0.05) is 6.07 Å². The van der Waals surface area contributed by atoms with Crippen molar-refractivity contribution in [2.45, 2.75) is 32.9 Å². The molecule has 0 aromatic heterocycles. The zero-order chi connectivity index (χ0) is 16.2. The topological polar surface area (TPSA) is 122 Å². The fourth-order valence-corrected chi connectivity index (χ4v) is 1.74. The van der Waals surface area contributed by atoms with Gasteiger partial charge in [0.1, 0.15) is 17.3 Å². The molecule has 3 N–H and O–H groups in total. The van der Waals surface area contributed by atoms with E-state index in [4.69, 9.17) is 5.11 Å². The zero-order valence-corrected chi connectivity index (χ0v) is 11.9. The first-order valence-electron chi connectivity index (χ1n) is 6.31. The third-order valence-corrected chi connectivity index (χ3v) is 2.65. The molecule has 1 aromatic carbocycles. The number of nitro groups is 1. The summed E-state index contributed by atoms with van der Waals surface area (Å²) in [7, 11) is 0. The van der Waals surface area contributed by atoms with E-state index < -0.39 is 28.2 Å². The normalized spacial score (nSPS) is 11.8. The van der Waals surface area contributed by atoms with Crippen molar-refractivity contribution < 1.29 is 19.6 Å². The quantitative estimate of drug-likeness (QED) is 0.541. The van der Waals surface area contributed by atoms with E-state index in [2.05, 4.69) is 10.6 Å². The molecule has 1 rings (SSSR count). The van der Waals surface area contributed by atoms with Gasteiger partial charge in [0.25, 0.3) is 0 Å². The molecule has 1 amide bonds. The fraction of sp³-hybridized carbons (Fsp3) is 0.385. The molecule has 1 atom stereocenters. The molecule has 8 heteroatoms. The summed E-state index contributed by atoms with van der Waals surface area (Å²) in [6.45, 7) is 5.12. The Morgan fingerprint density at radius 3 is 2.38 bits per heavy atom. The van der Waals surface area contributed by atoms with Gasteiger partial charge >= 0.3 is 11.7 Å². The van der Waals surface area contributed by atoms with Gasteiger partial charge in [-0.3, -0.25) is 14.9 Å². The van der Waals surface area contributed by atoms with Gasteiger partial charge in [0.2, 0.25) is 5.91 Å². The van der Waals surface area contributed by atoms with Crippen LogP contribution >= 0.6 is 0 Å². The Balaban J connectivity index is 3.08. The first kappa shape index (κ1) is 16.4. The summed E-state index contributed by atoms with van der Waals surface area (Å²) < 4.78 is 0. The number of para-hydroxylation sites is 1. The van der Waals surface area contributed by atoms with Crippen LogP contribution in [0.1, 0.15) is 31.1 Å². The van der Waals surface area contributed by atoms with Crippen LogP contribution in [0.2, 0.25) is 0 Å². The Bertz CT molecular complexity index is 571. The minimum atomic E-state index is -1.40. The SMILES string of the molecule is CC(C)NC(=O)C(C)Nc1cccc(C(=O)O)c1[N+](=O)[O-]. The molecule has 0 bridgehead atoms. The van der Waals surface area contributed by atoms with Gasteiger partial charge in [0.05, 0.1) is 4.92 Å². The highest BCUT2D eigenvalue weighted by Gasteiger charge is 2.26. The molecular weight excluding hydrogens is 278 g/mol. The Hall–Kier alpha value is -2.64. The number of nitro benzene ring substituents is 1. The van der Waals surface area contributed by atoms with Crippen LogP contribution in [0.3, 0.4) is 0 Å². The Kier molecular flexibility index (Phi) is 5.23. The number of aromatic carboxylic acids is 1. The molecule has 1 unspecified atom stereocenters. The van der Waals surface area contributed by atoms with Crippen molar-refractivity contribution in [1.82, 2.24) is 5.32 Å². The summed E-state index contributed by atoms with van der Waals surface area (Å²) in [6, 6.07) is 3.08. The van der Waals surface area contributed by atoms with Crippen molar-refractivity contribution >= 4 is 23.3 Å². The predicted octanol–water partition coefficient (Wildman–Crippen LogP) is 1.62. The van der Waals surface area contributed by atoms with Crippen LogP contribution in [0.15, 0.2) is 18.2 Å².